The van der Waals surface area contributed by atoms with E-state index >= 15 is 0 Å². The first-order chi connectivity index (χ1) is 22.4. The van der Waals surface area contributed by atoms with Crippen LogP contribution in [0.25, 0.3) is 0 Å². The molecule has 8 nitrogen and oxygen atoms in total. The van der Waals surface area contributed by atoms with Crippen molar-refractivity contribution in [2.75, 3.05) is 26.2 Å². The molecule has 2 aliphatic heterocycles. The number of aryl methyl sites for hydroxylation is 1. The van der Waals surface area contributed by atoms with Crippen molar-refractivity contribution in [3.63, 3.8) is 0 Å². The minimum absolute atomic E-state index is 0.0659. The third-order valence-electron chi connectivity index (χ3n) is 11.8. The van der Waals surface area contributed by atoms with Gasteiger partial charge >= 0.3 is 6.09 Å². The summed E-state index contributed by atoms with van der Waals surface area (Å²) in [5.41, 5.74) is 8.73. The van der Waals surface area contributed by atoms with E-state index in [-0.39, 0.29) is 28.9 Å². The van der Waals surface area contributed by atoms with Crippen LogP contribution in [0.2, 0.25) is 5.02 Å². The third-order valence-corrected chi connectivity index (χ3v) is 12.1. The second kappa shape index (κ2) is 13.4. The van der Waals surface area contributed by atoms with E-state index in [1.54, 1.807) is 0 Å². The molecule has 6 rings (SSSR count). The molecule has 1 saturated carbocycles. The summed E-state index contributed by atoms with van der Waals surface area (Å²) in [7, 11) is 0. The molecule has 9 heteroatoms. The zero-order valence-electron chi connectivity index (χ0n) is 28.2. The second-order valence-corrected chi connectivity index (χ2v) is 15.8. The van der Waals surface area contributed by atoms with E-state index < -0.39 is 17.5 Å². The van der Waals surface area contributed by atoms with Crippen molar-refractivity contribution in [1.82, 2.24) is 15.1 Å². The highest BCUT2D eigenvalue weighted by Gasteiger charge is 2.50. The van der Waals surface area contributed by atoms with Crippen molar-refractivity contribution < 1.29 is 19.1 Å². The fourth-order valence-corrected chi connectivity index (χ4v) is 8.95. The van der Waals surface area contributed by atoms with Crippen molar-refractivity contribution in [3.8, 4) is 0 Å². The summed E-state index contributed by atoms with van der Waals surface area (Å²) in [6.45, 7) is 8.33. The molecule has 2 aromatic rings. The molecule has 2 unspecified atom stereocenters. The summed E-state index contributed by atoms with van der Waals surface area (Å²) in [5.74, 6) is -0.193. The summed E-state index contributed by atoms with van der Waals surface area (Å²) in [6.07, 6.45) is 9.19. The van der Waals surface area contributed by atoms with Crippen molar-refractivity contribution in [2.45, 2.75) is 102 Å². The maximum Gasteiger partial charge on any atom is 0.410 e. The zero-order chi connectivity index (χ0) is 33.4. The SMILES string of the molecule is CC1(N)c2ccccc2CCC1C(=O)N[C@H](Cc1ccc(Cl)cc1)C(=O)N1CCC(CN2C(=O)OCC2(C)C)(C2CCCCC2)CC1. The average molecular weight is 663 g/mol. The van der Waals surface area contributed by atoms with Crippen LogP contribution in [0.3, 0.4) is 0 Å². The number of fused-ring (bicyclic) bond motifs is 1. The second-order valence-electron chi connectivity index (χ2n) is 15.4. The van der Waals surface area contributed by atoms with E-state index in [0.29, 0.717) is 50.0 Å². The van der Waals surface area contributed by atoms with Gasteiger partial charge in [0.15, 0.2) is 0 Å². The number of likely N-dealkylation sites (tertiary alicyclic amines) is 1. The maximum atomic E-state index is 14.4. The van der Waals surface area contributed by atoms with Crippen LogP contribution in [-0.4, -0.2) is 65.5 Å². The normalized spacial score (nSPS) is 26.3. The van der Waals surface area contributed by atoms with Gasteiger partial charge in [0.05, 0.1) is 17.0 Å². The van der Waals surface area contributed by atoms with E-state index in [1.807, 2.05) is 59.2 Å². The first-order valence-corrected chi connectivity index (χ1v) is 17.9. The Bertz CT molecular complexity index is 1460. The van der Waals surface area contributed by atoms with E-state index in [9.17, 15) is 14.4 Å². The molecule has 4 aliphatic rings. The molecule has 3 atom stereocenters. The number of carbonyl (C=O) groups excluding carboxylic acids is 3. The molecule has 3 amide bonds. The number of benzene rings is 2. The molecule has 2 heterocycles. The van der Waals surface area contributed by atoms with Gasteiger partial charge in [0.25, 0.3) is 0 Å². The molecule has 0 bridgehead atoms. The van der Waals surface area contributed by atoms with Crippen molar-refractivity contribution in [3.05, 3.63) is 70.2 Å². The van der Waals surface area contributed by atoms with Crippen LogP contribution < -0.4 is 11.1 Å². The van der Waals surface area contributed by atoms with Gasteiger partial charge in [-0.2, -0.15) is 0 Å². The van der Waals surface area contributed by atoms with Gasteiger partial charge < -0.3 is 20.7 Å². The predicted molar refractivity (Wildman–Crippen MR) is 184 cm³/mol. The number of ether oxygens (including phenoxy) is 1. The summed E-state index contributed by atoms with van der Waals surface area (Å²) < 4.78 is 5.50. The zero-order valence-corrected chi connectivity index (χ0v) is 29.0. The quantitative estimate of drug-likeness (QED) is 0.349. The summed E-state index contributed by atoms with van der Waals surface area (Å²) in [4.78, 5) is 45.2. The highest BCUT2D eigenvalue weighted by Crippen LogP contribution is 2.48. The minimum atomic E-state index is -0.845. The molecule has 47 heavy (non-hydrogen) atoms. The van der Waals surface area contributed by atoms with Crippen molar-refractivity contribution in [2.24, 2.45) is 23.0 Å². The largest absolute Gasteiger partial charge is 0.447 e. The lowest BCUT2D eigenvalue weighted by Crippen LogP contribution is -2.59. The lowest BCUT2D eigenvalue weighted by atomic mass is 9.63. The van der Waals surface area contributed by atoms with Crippen molar-refractivity contribution >= 4 is 29.5 Å². The minimum Gasteiger partial charge on any atom is -0.447 e. The molecule has 2 aliphatic carbocycles. The number of nitrogens with two attached hydrogens (primary N) is 1. The Labute approximate surface area is 284 Å². The smallest absolute Gasteiger partial charge is 0.410 e. The van der Waals surface area contributed by atoms with Gasteiger partial charge in [0, 0.05) is 31.1 Å². The molecule has 254 valence electrons. The number of nitrogens with one attached hydrogen (secondary N) is 1. The third kappa shape index (κ3) is 6.91. The summed E-state index contributed by atoms with van der Waals surface area (Å²) in [5, 5.41) is 3.81. The van der Waals surface area contributed by atoms with E-state index in [1.165, 1.54) is 24.8 Å². The topological polar surface area (TPSA) is 105 Å². The van der Waals surface area contributed by atoms with E-state index in [4.69, 9.17) is 22.1 Å². The van der Waals surface area contributed by atoms with Crippen LogP contribution in [0, 0.1) is 17.3 Å². The molecule has 3 fully saturated rings. The van der Waals surface area contributed by atoms with Crippen LogP contribution in [0.15, 0.2) is 48.5 Å². The first kappa shape index (κ1) is 33.8. The number of halogens is 1. The number of hydrogen-bond donors (Lipinski definition) is 2. The van der Waals surface area contributed by atoms with Crippen LogP contribution in [-0.2, 0) is 32.7 Å². The Morgan fingerprint density at radius 3 is 2.34 bits per heavy atom. The molecule has 0 radical (unpaired) electrons. The average Bonchev–Trinajstić information content (AvgIpc) is 3.32. The number of rotatable bonds is 8. The van der Waals surface area contributed by atoms with Crippen LogP contribution in [0.1, 0.15) is 88.8 Å². The molecule has 3 N–H and O–H groups in total. The van der Waals surface area contributed by atoms with Crippen LogP contribution in [0.5, 0.6) is 0 Å². The lowest BCUT2D eigenvalue weighted by molar-refractivity contribution is -0.141. The Kier molecular flexibility index (Phi) is 9.65. The molecular weight excluding hydrogens is 612 g/mol. The van der Waals surface area contributed by atoms with E-state index in [2.05, 4.69) is 25.2 Å². The monoisotopic (exact) mass is 662 g/mol. The van der Waals surface area contributed by atoms with Gasteiger partial charge in [-0.25, -0.2) is 4.79 Å². The molecule has 0 aromatic heterocycles. The van der Waals surface area contributed by atoms with Gasteiger partial charge in [-0.15, -0.1) is 0 Å². The lowest BCUT2D eigenvalue weighted by Gasteiger charge is -2.51. The highest BCUT2D eigenvalue weighted by atomic mass is 35.5. The van der Waals surface area contributed by atoms with Gasteiger partial charge in [-0.3, -0.25) is 14.5 Å². The molecular formula is C38H51ClN4O4. The molecule has 2 saturated heterocycles. The maximum absolute atomic E-state index is 14.4. The number of piperidine rings is 1. The fraction of sp³-hybridized carbons (Fsp3) is 0.605. The van der Waals surface area contributed by atoms with Crippen LogP contribution in [0.4, 0.5) is 4.79 Å². The Morgan fingerprint density at radius 1 is 1.00 bits per heavy atom. The number of amides is 3. The van der Waals surface area contributed by atoms with E-state index in [0.717, 1.165) is 43.2 Å². The highest BCUT2D eigenvalue weighted by molar-refractivity contribution is 6.30. The van der Waals surface area contributed by atoms with Gasteiger partial charge in [0.1, 0.15) is 12.6 Å². The standard InChI is InChI=1S/C38H51ClN4O4/c1-36(2)25-47-35(46)43(36)24-38(28-10-5-4-6-11-28)19-21-42(22-20-38)34(45)32(23-26-13-16-29(39)17-14-26)41-33(44)31-18-15-27-9-7-8-12-30(27)37(31,3)40/h7-9,12-14,16-17,28,31-32H,4-6,10-11,15,18-25,40H2,1-3H3,(H,41,44)/t31?,32-,37?/m1/s1. The Morgan fingerprint density at radius 2 is 1.68 bits per heavy atom. The number of hydrogen-bond acceptors (Lipinski definition) is 5. The van der Waals surface area contributed by atoms with Gasteiger partial charge in [-0.05, 0) is 99.5 Å². The van der Waals surface area contributed by atoms with Gasteiger partial charge in [0.2, 0.25) is 11.8 Å². The summed E-state index contributed by atoms with van der Waals surface area (Å²) in [6, 6.07) is 14.8. The number of nitrogens with zero attached hydrogens (tertiary/aromatic N) is 2. The molecule has 2 aromatic carbocycles. The van der Waals surface area contributed by atoms with Gasteiger partial charge in [-0.1, -0.05) is 67.3 Å². The Hall–Kier alpha value is -3.10. The van der Waals surface area contributed by atoms with Crippen molar-refractivity contribution in [1.29, 1.82) is 0 Å². The number of carbonyl (C=O) groups is 3. The van der Waals surface area contributed by atoms with Crippen LogP contribution >= 0.6 is 11.6 Å². The predicted octanol–water partition coefficient (Wildman–Crippen LogP) is 6.22. The number of cyclic esters (lactones) is 1. The molecule has 0 spiro atoms. The summed E-state index contributed by atoms with van der Waals surface area (Å²) >= 11 is 6.18. The Balaban J connectivity index is 1.21. The fourth-order valence-electron chi connectivity index (χ4n) is 8.82. The first-order valence-electron chi connectivity index (χ1n) is 17.5.